The van der Waals surface area contributed by atoms with Crippen LogP contribution in [0.1, 0.15) is 30.9 Å². The highest BCUT2D eigenvalue weighted by molar-refractivity contribution is 5.82. The van der Waals surface area contributed by atoms with E-state index in [0.29, 0.717) is 0 Å². The van der Waals surface area contributed by atoms with Gasteiger partial charge in [0, 0.05) is 6.04 Å². The first-order valence-electron chi connectivity index (χ1n) is 6.32. The van der Waals surface area contributed by atoms with Crippen molar-refractivity contribution in [3.63, 3.8) is 0 Å². The number of ether oxygens (including phenoxy) is 1. The largest absolute Gasteiger partial charge is 0.467 e. The van der Waals surface area contributed by atoms with E-state index in [-0.39, 0.29) is 11.6 Å². The van der Waals surface area contributed by atoms with Crippen LogP contribution in [-0.4, -0.2) is 19.1 Å². The van der Waals surface area contributed by atoms with Crippen LogP contribution < -0.4 is 5.32 Å². The van der Waals surface area contributed by atoms with Gasteiger partial charge in [0.15, 0.2) is 0 Å². The molecule has 0 bridgehead atoms. The van der Waals surface area contributed by atoms with Gasteiger partial charge in [-0.25, -0.2) is 4.79 Å². The predicted octanol–water partition coefficient (Wildman–Crippen LogP) is 2.85. The van der Waals surface area contributed by atoms with Crippen molar-refractivity contribution in [2.75, 3.05) is 7.11 Å². The van der Waals surface area contributed by atoms with Gasteiger partial charge in [-0.2, -0.15) is 13.2 Å². The molecular formula is C14H16F3NO2. The summed E-state index contributed by atoms with van der Waals surface area (Å²) < 4.78 is 44.1. The number of esters is 1. The molecule has 0 radical (unpaired) electrons. The average Bonchev–Trinajstić information content (AvgIpc) is 3.20. The van der Waals surface area contributed by atoms with E-state index in [1.165, 1.54) is 32.2 Å². The molecule has 1 aromatic carbocycles. The molecule has 0 saturated heterocycles. The van der Waals surface area contributed by atoms with Crippen molar-refractivity contribution in [2.24, 2.45) is 0 Å². The number of benzene rings is 1. The third-order valence-electron chi connectivity index (χ3n) is 3.43. The van der Waals surface area contributed by atoms with Crippen LogP contribution in [0.2, 0.25) is 0 Å². The lowest BCUT2D eigenvalue weighted by Gasteiger charge is -2.31. The Bertz CT molecular complexity index is 511. The molecule has 1 fully saturated rings. The Morgan fingerprint density at radius 1 is 1.25 bits per heavy atom. The molecule has 1 aliphatic rings. The van der Waals surface area contributed by atoms with E-state index in [2.05, 4.69) is 5.32 Å². The van der Waals surface area contributed by atoms with Crippen LogP contribution in [0.5, 0.6) is 0 Å². The topological polar surface area (TPSA) is 38.3 Å². The Balaban J connectivity index is 2.51. The van der Waals surface area contributed by atoms with E-state index in [1.807, 2.05) is 0 Å². The van der Waals surface area contributed by atoms with Crippen LogP contribution in [0.4, 0.5) is 13.2 Å². The summed E-state index contributed by atoms with van der Waals surface area (Å²) in [6, 6.07) is 5.14. The fourth-order valence-corrected chi connectivity index (χ4v) is 2.25. The van der Waals surface area contributed by atoms with Gasteiger partial charge in [0.25, 0.3) is 0 Å². The van der Waals surface area contributed by atoms with Crippen molar-refractivity contribution in [1.82, 2.24) is 5.32 Å². The van der Waals surface area contributed by atoms with Crippen molar-refractivity contribution in [2.45, 2.75) is 37.5 Å². The standard InChI is InChI=1S/C14H16F3NO2/c1-13(12(19)20-2,18-9-7-8-9)10-5-3-4-6-11(10)14(15,16)17/h3-6,9,18H,7-8H2,1-2H3. The van der Waals surface area contributed by atoms with Gasteiger partial charge < -0.3 is 4.74 Å². The molecule has 1 N–H and O–H groups in total. The van der Waals surface area contributed by atoms with Crippen molar-refractivity contribution in [3.8, 4) is 0 Å². The Hall–Kier alpha value is -1.56. The molecule has 110 valence electrons. The molecule has 1 unspecified atom stereocenters. The van der Waals surface area contributed by atoms with Gasteiger partial charge in [-0.3, -0.25) is 5.32 Å². The second-order valence-corrected chi connectivity index (χ2v) is 5.08. The molecule has 2 rings (SSSR count). The van der Waals surface area contributed by atoms with Gasteiger partial charge in [0.1, 0.15) is 5.54 Å². The first kappa shape index (κ1) is 14.8. The number of alkyl halides is 3. The zero-order valence-corrected chi connectivity index (χ0v) is 11.3. The van der Waals surface area contributed by atoms with E-state index in [1.54, 1.807) is 0 Å². The van der Waals surface area contributed by atoms with Crippen LogP contribution in [0.3, 0.4) is 0 Å². The number of halogens is 3. The predicted molar refractivity (Wildman–Crippen MR) is 67.0 cm³/mol. The van der Waals surface area contributed by atoms with Crippen LogP contribution in [0.15, 0.2) is 24.3 Å². The molecule has 1 aliphatic carbocycles. The van der Waals surface area contributed by atoms with Gasteiger partial charge in [-0.15, -0.1) is 0 Å². The first-order valence-corrected chi connectivity index (χ1v) is 6.32. The number of hydrogen-bond acceptors (Lipinski definition) is 3. The SMILES string of the molecule is COC(=O)C(C)(NC1CC1)c1ccccc1C(F)(F)F. The van der Waals surface area contributed by atoms with Gasteiger partial charge >= 0.3 is 12.1 Å². The molecule has 0 spiro atoms. The first-order chi connectivity index (χ1) is 9.29. The number of hydrogen-bond donors (Lipinski definition) is 1. The van der Waals surface area contributed by atoms with Crippen LogP contribution >= 0.6 is 0 Å². The monoisotopic (exact) mass is 287 g/mol. The molecule has 0 aromatic heterocycles. The second-order valence-electron chi connectivity index (χ2n) is 5.08. The van der Waals surface area contributed by atoms with E-state index in [0.717, 1.165) is 18.9 Å². The lowest BCUT2D eigenvalue weighted by Crippen LogP contribution is -2.49. The molecular weight excluding hydrogens is 271 g/mol. The lowest BCUT2D eigenvalue weighted by atomic mass is 9.87. The number of rotatable bonds is 4. The Morgan fingerprint density at radius 3 is 2.25 bits per heavy atom. The van der Waals surface area contributed by atoms with Crippen molar-refractivity contribution in [3.05, 3.63) is 35.4 Å². The van der Waals surface area contributed by atoms with Crippen LogP contribution in [0.25, 0.3) is 0 Å². The fourth-order valence-electron chi connectivity index (χ4n) is 2.25. The Morgan fingerprint density at radius 2 is 1.80 bits per heavy atom. The Kier molecular flexibility index (Phi) is 3.77. The van der Waals surface area contributed by atoms with E-state index < -0.39 is 23.2 Å². The van der Waals surface area contributed by atoms with Gasteiger partial charge in [0.2, 0.25) is 0 Å². The number of carbonyl (C=O) groups is 1. The minimum absolute atomic E-state index is 0.0559. The third-order valence-corrected chi connectivity index (χ3v) is 3.43. The van der Waals surface area contributed by atoms with Crippen molar-refractivity contribution < 1.29 is 22.7 Å². The van der Waals surface area contributed by atoms with Crippen molar-refractivity contribution in [1.29, 1.82) is 0 Å². The van der Waals surface area contributed by atoms with Gasteiger partial charge in [-0.1, -0.05) is 18.2 Å². The maximum atomic E-state index is 13.1. The minimum atomic E-state index is -4.52. The molecule has 0 amide bonds. The zero-order chi connectivity index (χ0) is 15.0. The summed E-state index contributed by atoms with van der Waals surface area (Å²) in [5, 5.41) is 2.97. The third kappa shape index (κ3) is 2.80. The molecule has 1 aromatic rings. The zero-order valence-electron chi connectivity index (χ0n) is 11.3. The fraction of sp³-hybridized carbons (Fsp3) is 0.500. The molecule has 6 heteroatoms. The van der Waals surface area contributed by atoms with Gasteiger partial charge in [-0.05, 0) is 31.4 Å². The molecule has 1 atom stereocenters. The summed E-state index contributed by atoms with van der Waals surface area (Å²) in [6.45, 7) is 1.43. The van der Waals surface area contributed by atoms with Crippen LogP contribution in [0, 0.1) is 0 Å². The number of methoxy groups -OCH3 is 1. The van der Waals surface area contributed by atoms with Crippen molar-refractivity contribution >= 4 is 5.97 Å². The van der Waals surface area contributed by atoms with Gasteiger partial charge in [0.05, 0.1) is 12.7 Å². The van der Waals surface area contributed by atoms with Crippen LogP contribution in [-0.2, 0) is 21.2 Å². The summed E-state index contributed by atoms with van der Waals surface area (Å²) in [7, 11) is 1.17. The Labute approximate surface area is 115 Å². The lowest BCUT2D eigenvalue weighted by molar-refractivity contribution is -0.150. The highest BCUT2D eigenvalue weighted by Crippen LogP contribution is 2.38. The number of nitrogens with one attached hydrogen (secondary N) is 1. The normalized spacial score (nSPS) is 18.4. The quantitative estimate of drug-likeness (QED) is 0.865. The summed E-state index contributed by atoms with van der Waals surface area (Å²) in [4.78, 5) is 12.0. The molecule has 0 aliphatic heterocycles. The summed E-state index contributed by atoms with van der Waals surface area (Å²) >= 11 is 0. The molecule has 1 saturated carbocycles. The maximum absolute atomic E-state index is 13.1. The summed E-state index contributed by atoms with van der Waals surface area (Å²) in [6.07, 6.45) is -2.82. The van der Waals surface area contributed by atoms with E-state index in [4.69, 9.17) is 4.74 Å². The van der Waals surface area contributed by atoms with E-state index in [9.17, 15) is 18.0 Å². The summed E-state index contributed by atoms with van der Waals surface area (Å²) in [5.41, 5.74) is -2.42. The summed E-state index contributed by atoms with van der Waals surface area (Å²) in [5.74, 6) is -0.721. The highest BCUT2D eigenvalue weighted by atomic mass is 19.4. The second kappa shape index (κ2) is 5.09. The molecule has 20 heavy (non-hydrogen) atoms. The molecule has 0 heterocycles. The minimum Gasteiger partial charge on any atom is -0.467 e. The number of carbonyl (C=O) groups excluding carboxylic acids is 1. The van der Waals surface area contributed by atoms with E-state index >= 15 is 0 Å². The highest BCUT2D eigenvalue weighted by Gasteiger charge is 2.46. The average molecular weight is 287 g/mol. The molecule has 3 nitrogen and oxygen atoms in total. The maximum Gasteiger partial charge on any atom is 0.416 e. The smallest absolute Gasteiger partial charge is 0.416 e.